The Labute approximate surface area is 137 Å². The number of aryl methyl sites for hydroxylation is 1. The first-order chi connectivity index (χ1) is 11.1. The maximum atomic E-state index is 12.2. The van der Waals surface area contributed by atoms with Crippen molar-refractivity contribution in [2.75, 3.05) is 0 Å². The van der Waals surface area contributed by atoms with E-state index in [1.165, 1.54) is 18.5 Å². The fraction of sp³-hybridized carbons (Fsp3) is 0.0588. The van der Waals surface area contributed by atoms with Gasteiger partial charge in [-0.05, 0) is 30.7 Å². The smallest absolute Gasteiger partial charge is 0.275 e. The second kappa shape index (κ2) is 6.14. The van der Waals surface area contributed by atoms with E-state index in [4.69, 9.17) is 16.0 Å². The molecule has 0 aliphatic heterocycles. The molecular weight excluding hydrogens is 316 g/mol. The molecule has 0 spiro atoms. The van der Waals surface area contributed by atoms with E-state index in [0.29, 0.717) is 21.6 Å². The molecule has 0 aliphatic rings. The molecule has 0 unspecified atom stereocenters. The number of hydrazone groups is 1. The molecule has 1 aromatic heterocycles. The summed E-state index contributed by atoms with van der Waals surface area (Å²) in [4.78, 5) is 12.2. The quantitative estimate of drug-likeness (QED) is 0.566. The Balaban J connectivity index is 1.83. The van der Waals surface area contributed by atoms with Gasteiger partial charge in [0.2, 0.25) is 0 Å². The number of aromatic hydroxyl groups is 1. The van der Waals surface area contributed by atoms with Crippen LogP contribution in [-0.2, 0) is 0 Å². The summed E-state index contributed by atoms with van der Waals surface area (Å²) in [5.74, 6) is -0.646. The van der Waals surface area contributed by atoms with Gasteiger partial charge in [-0.15, -0.1) is 0 Å². The van der Waals surface area contributed by atoms with Gasteiger partial charge >= 0.3 is 0 Å². The van der Waals surface area contributed by atoms with Gasteiger partial charge in [-0.3, -0.25) is 4.79 Å². The lowest BCUT2D eigenvalue weighted by atomic mass is 10.1. The highest BCUT2D eigenvalue weighted by Crippen LogP contribution is 2.32. The number of halogens is 1. The first-order valence-electron chi connectivity index (χ1n) is 6.85. The van der Waals surface area contributed by atoms with Crippen molar-refractivity contribution in [1.82, 2.24) is 5.43 Å². The minimum Gasteiger partial charge on any atom is -0.506 e. The SMILES string of the molecule is Cc1coc2ccc(C(=O)NN=Cc3ccccc3Cl)c(O)c12. The Hall–Kier alpha value is -2.79. The van der Waals surface area contributed by atoms with E-state index >= 15 is 0 Å². The summed E-state index contributed by atoms with van der Waals surface area (Å²) < 4.78 is 5.28. The number of hydrogen-bond acceptors (Lipinski definition) is 4. The predicted molar refractivity (Wildman–Crippen MR) is 89.1 cm³/mol. The molecule has 3 rings (SSSR count). The highest BCUT2D eigenvalue weighted by molar-refractivity contribution is 6.33. The zero-order chi connectivity index (χ0) is 16.4. The van der Waals surface area contributed by atoms with Crippen LogP contribution in [0.4, 0.5) is 0 Å². The molecule has 2 aromatic carbocycles. The fourth-order valence-corrected chi connectivity index (χ4v) is 2.43. The number of phenolic OH excluding ortho intramolecular Hbond substituents is 1. The third kappa shape index (κ3) is 2.91. The lowest BCUT2D eigenvalue weighted by molar-refractivity contribution is 0.0952. The van der Waals surface area contributed by atoms with Gasteiger partial charge in [-0.25, -0.2) is 5.43 Å². The lowest BCUT2D eigenvalue weighted by Gasteiger charge is -2.04. The number of benzene rings is 2. The molecule has 116 valence electrons. The number of carbonyl (C=O) groups is 1. The van der Waals surface area contributed by atoms with Crippen molar-refractivity contribution in [3.63, 3.8) is 0 Å². The summed E-state index contributed by atoms with van der Waals surface area (Å²) in [6, 6.07) is 10.2. The molecular formula is C17H13ClN2O3. The van der Waals surface area contributed by atoms with Crippen LogP contribution in [0.5, 0.6) is 5.75 Å². The van der Waals surface area contributed by atoms with E-state index in [-0.39, 0.29) is 11.3 Å². The van der Waals surface area contributed by atoms with E-state index in [9.17, 15) is 9.90 Å². The number of rotatable bonds is 3. The van der Waals surface area contributed by atoms with Gasteiger partial charge in [0.15, 0.2) is 0 Å². The maximum Gasteiger partial charge on any atom is 0.275 e. The number of fused-ring (bicyclic) bond motifs is 1. The highest BCUT2D eigenvalue weighted by Gasteiger charge is 2.16. The predicted octanol–water partition coefficient (Wildman–Crippen LogP) is 3.86. The van der Waals surface area contributed by atoms with Gasteiger partial charge in [0.05, 0.1) is 23.4 Å². The zero-order valence-corrected chi connectivity index (χ0v) is 13.0. The first-order valence-corrected chi connectivity index (χ1v) is 7.23. The Bertz CT molecular complexity index is 915. The molecule has 0 saturated carbocycles. The van der Waals surface area contributed by atoms with Gasteiger partial charge < -0.3 is 9.52 Å². The number of phenols is 1. The molecule has 0 aliphatic carbocycles. The van der Waals surface area contributed by atoms with E-state index in [1.54, 1.807) is 31.2 Å². The Kier molecular flexibility index (Phi) is 4.04. The topological polar surface area (TPSA) is 74.8 Å². The molecule has 5 nitrogen and oxygen atoms in total. The zero-order valence-electron chi connectivity index (χ0n) is 12.2. The Morgan fingerprint density at radius 3 is 2.87 bits per heavy atom. The normalized spacial score (nSPS) is 11.2. The molecule has 0 bridgehead atoms. The number of nitrogens with zero attached hydrogens (tertiary/aromatic N) is 1. The van der Waals surface area contributed by atoms with Crippen molar-refractivity contribution in [1.29, 1.82) is 0 Å². The van der Waals surface area contributed by atoms with Crippen LogP contribution in [0.3, 0.4) is 0 Å². The van der Waals surface area contributed by atoms with Crippen LogP contribution >= 0.6 is 11.6 Å². The molecule has 2 N–H and O–H groups in total. The maximum absolute atomic E-state index is 12.2. The summed E-state index contributed by atoms with van der Waals surface area (Å²) in [5, 5.41) is 15.2. The summed E-state index contributed by atoms with van der Waals surface area (Å²) in [6.07, 6.45) is 2.97. The Morgan fingerprint density at radius 2 is 2.09 bits per heavy atom. The summed E-state index contributed by atoms with van der Waals surface area (Å²) in [7, 11) is 0. The molecule has 6 heteroatoms. The molecule has 0 atom stereocenters. The van der Waals surface area contributed by atoms with Crippen molar-refractivity contribution >= 4 is 34.7 Å². The second-order valence-electron chi connectivity index (χ2n) is 4.97. The van der Waals surface area contributed by atoms with Crippen molar-refractivity contribution in [2.24, 2.45) is 5.10 Å². The summed E-state index contributed by atoms with van der Waals surface area (Å²) in [5.41, 5.74) is 4.46. The van der Waals surface area contributed by atoms with Crippen molar-refractivity contribution in [2.45, 2.75) is 6.92 Å². The Morgan fingerprint density at radius 1 is 1.30 bits per heavy atom. The summed E-state index contributed by atoms with van der Waals surface area (Å²) >= 11 is 6.00. The van der Waals surface area contributed by atoms with Crippen LogP contribution in [0.2, 0.25) is 5.02 Å². The number of furan rings is 1. The molecule has 0 saturated heterocycles. The molecule has 0 fully saturated rings. The monoisotopic (exact) mass is 328 g/mol. The van der Waals surface area contributed by atoms with Crippen LogP contribution in [-0.4, -0.2) is 17.2 Å². The van der Waals surface area contributed by atoms with Crippen molar-refractivity contribution in [3.05, 3.63) is 64.4 Å². The second-order valence-corrected chi connectivity index (χ2v) is 5.38. The lowest BCUT2D eigenvalue weighted by Crippen LogP contribution is -2.17. The third-order valence-electron chi connectivity index (χ3n) is 3.42. The molecule has 1 amide bonds. The number of hydrogen-bond donors (Lipinski definition) is 2. The van der Waals surface area contributed by atoms with Gasteiger partial charge in [0, 0.05) is 10.6 Å². The standard InChI is InChI=1S/C17H13ClN2O3/c1-10-9-23-14-7-6-12(16(21)15(10)14)17(22)20-19-8-11-4-2-3-5-13(11)18/h2-9,21H,1H3,(H,20,22). The minimum atomic E-state index is -0.520. The fourth-order valence-electron chi connectivity index (χ4n) is 2.25. The van der Waals surface area contributed by atoms with E-state index < -0.39 is 5.91 Å². The van der Waals surface area contributed by atoms with Crippen LogP contribution in [0.1, 0.15) is 21.5 Å². The summed E-state index contributed by atoms with van der Waals surface area (Å²) in [6.45, 7) is 1.79. The molecule has 3 aromatic rings. The van der Waals surface area contributed by atoms with E-state index in [1.807, 2.05) is 6.07 Å². The van der Waals surface area contributed by atoms with Crippen LogP contribution < -0.4 is 5.43 Å². The minimum absolute atomic E-state index is 0.123. The average Bonchev–Trinajstić information content (AvgIpc) is 2.91. The van der Waals surface area contributed by atoms with Gasteiger partial charge in [-0.2, -0.15) is 5.10 Å². The van der Waals surface area contributed by atoms with Crippen LogP contribution in [0, 0.1) is 6.92 Å². The van der Waals surface area contributed by atoms with Gasteiger partial charge in [0.25, 0.3) is 5.91 Å². The first kappa shape index (κ1) is 15.1. The number of amides is 1. The van der Waals surface area contributed by atoms with Gasteiger partial charge in [-0.1, -0.05) is 29.8 Å². The van der Waals surface area contributed by atoms with Crippen LogP contribution in [0.15, 0.2) is 52.2 Å². The molecule has 23 heavy (non-hydrogen) atoms. The van der Waals surface area contributed by atoms with Crippen molar-refractivity contribution < 1.29 is 14.3 Å². The molecule has 0 radical (unpaired) electrons. The van der Waals surface area contributed by atoms with Gasteiger partial charge in [0.1, 0.15) is 11.3 Å². The van der Waals surface area contributed by atoms with E-state index in [0.717, 1.165) is 5.56 Å². The van der Waals surface area contributed by atoms with Crippen molar-refractivity contribution in [3.8, 4) is 5.75 Å². The number of carbonyl (C=O) groups excluding carboxylic acids is 1. The average molecular weight is 329 g/mol. The third-order valence-corrected chi connectivity index (χ3v) is 3.76. The van der Waals surface area contributed by atoms with Crippen LogP contribution in [0.25, 0.3) is 11.0 Å². The van der Waals surface area contributed by atoms with E-state index in [2.05, 4.69) is 10.5 Å². The largest absolute Gasteiger partial charge is 0.506 e. The highest BCUT2D eigenvalue weighted by atomic mass is 35.5. The number of nitrogens with one attached hydrogen (secondary N) is 1. The molecule has 1 heterocycles.